The number of amides is 1. The number of rotatable bonds is 6. The van der Waals surface area contributed by atoms with E-state index in [1.165, 1.54) is 13.8 Å². The quantitative estimate of drug-likeness (QED) is 0.595. The maximum Gasteiger partial charge on any atom is 0.416 e. The number of hydrogen-bond acceptors (Lipinski definition) is 4. The lowest BCUT2D eigenvalue weighted by Gasteiger charge is -2.45. The molecule has 2 fully saturated rings. The summed E-state index contributed by atoms with van der Waals surface area (Å²) in [5.41, 5.74) is 4.48. The van der Waals surface area contributed by atoms with E-state index >= 15 is 0 Å². The first kappa shape index (κ1) is 25.0. The van der Waals surface area contributed by atoms with Crippen LogP contribution in [0.15, 0.2) is 23.1 Å². The summed E-state index contributed by atoms with van der Waals surface area (Å²) in [6.45, 7) is 2.86. The zero-order chi connectivity index (χ0) is 23.9. The number of hydrogen-bond donors (Lipinski definition) is 2. The predicted octanol–water partition coefficient (Wildman–Crippen LogP) is 4.34. The van der Waals surface area contributed by atoms with E-state index in [9.17, 15) is 30.8 Å². The zero-order valence-electron chi connectivity index (χ0n) is 18.3. The van der Waals surface area contributed by atoms with Gasteiger partial charge in [-0.3, -0.25) is 4.79 Å². The normalized spacial score (nSPS) is 24.0. The highest BCUT2D eigenvalue weighted by molar-refractivity contribution is 7.92. The summed E-state index contributed by atoms with van der Waals surface area (Å²) in [6, 6.07) is 1.16. The van der Waals surface area contributed by atoms with Crippen molar-refractivity contribution in [2.45, 2.75) is 92.6 Å². The van der Waals surface area contributed by atoms with Crippen molar-refractivity contribution < 1.29 is 30.8 Å². The molecule has 0 radical (unpaired) electrons. The molecule has 0 saturated heterocycles. The van der Waals surface area contributed by atoms with Crippen LogP contribution >= 0.6 is 0 Å². The van der Waals surface area contributed by atoms with Crippen LogP contribution in [-0.4, -0.2) is 30.7 Å². The molecule has 32 heavy (non-hydrogen) atoms. The SMILES string of the molecule is CC(C)([C@H]1C[C@H](NC(=O)CC2(N)CCCCC2)C1)S(=O)(=O)c1cc(F)cc(C(F)(F)F)c1. The summed E-state index contributed by atoms with van der Waals surface area (Å²) in [7, 11) is -4.26. The molecular weight excluding hydrogens is 448 g/mol. The Balaban J connectivity index is 1.65. The van der Waals surface area contributed by atoms with Gasteiger partial charge in [0.15, 0.2) is 9.84 Å². The van der Waals surface area contributed by atoms with Crippen LogP contribution in [0.25, 0.3) is 0 Å². The number of benzene rings is 1. The van der Waals surface area contributed by atoms with Gasteiger partial charge in [0.25, 0.3) is 0 Å². The molecular formula is C22H30F4N2O3S. The fraction of sp³-hybridized carbons (Fsp3) is 0.682. The van der Waals surface area contributed by atoms with Gasteiger partial charge >= 0.3 is 6.18 Å². The number of alkyl halides is 3. The van der Waals surface area contributed by atoms with Gasteiger partial charge in [-0.25, -0.2) is 12.8 Å². The van der Waals surface area contributed by atoms with Crippen molar-refractivity contribution in [1.29, 1.82) is 0 Å². The molecule has 1 aromatic carbocycles. The number of halogens is 4. The van der Waals surface area contributed by atoms with Crippen LogP contribution in [0.5, 0.6) is 0 Å². The maximum atomic E-state index is 13.8. The van der Waals surface area contributed by atoms with Gasteiger partial charge in [-0.1, -0.05) is 19.3 Å². The van der Waals surface area contributed by atoms with Crippen LogP contribution in [-0.2, 0) is 20.8 Å². The monoisotopic (exact) mass is 478 g/mol. The Morgan fingerprint density at radius 1 is 1.12 bits per heavy atom. The summed E-state index contributed by atoms with van der Waals surface area (Å²) in [6.07, 6.45) is 0.812. The Kier molecular flexibility index (Phi) is 6.70. The van der Waals surface area contributed by atoms with Gasteiger partial charge in [-0.15, -0.1) is 0 Å². The van der Waals surface area contributed by atoms with Crippen molar-refractivity contribution in [3.05, 3.63) is 29.6 Å². The topological polar surface area (TPSA) is 89.3 Å². The highest BCUT2D eigenvalue weighted by Crippen LogP contribution is 2.44. The van der Waals surface area contributed by atoms with E-state index in [0.29, 0.717) is 25.0 Å². The average molecular weight is 479 g/mol. The highest BCUT2D eigenvalue weighted by Gasteiger charge is 2.49. The lowest BCUT2D eigenvalue weighted by molar-refractivity contribution is -0.138. The van der Waals surface area contributed by atoms with Crippen LogP contribution in [0.3, 0.4) is 0 Å². The van der Waals surface area contributed by atoms with Crippen molar-refractivity contribution in [3.63, 3.8) is 0 Å². The zero-order valence-corrected chi connectivity index (χ0v) is 19.1. The van der Waals surface area contributed by atoms with Crippen LogP contribution in [0.4, 0.5) is 17.6 Å². The predicted molar refractivity (Wildman–Crippen MR) is 112 cm³/mol. The Hall–Kier alpha value is -1.68. The standard InChI is InChI=1S/C22H30F4N2O3S/c1-20(2,32(30,31)18-11-15(22(24,25)26)8-16(23)12-18)14-9-17(10-14)28-19(29)13-21(27)6-4-3-5-7-21/h8,11-12,14,17H,3-7,9-10,13,27H2,1-2H3,(H,28,29)/t14-,17-. The second kappa shape index (κ2) is 8.59. The van der Waals surface area contributed by atoms with E-state index in [4.69, 9.17) is 5.73 Å². The van der Waals surface area contributed by atoms with Crippen molar-refractivity contribution >= 4 is 15.7 Å². The number of nitrogens with two attached hydrogens (primary N) is 1. The molecule has 0 spiro atoms. The van der Waals surface area contributed by atoms with Gasteiger partial charge in [0.05, 0.1) is 15.2 Å². The first-order chi connectivity index (χ1) is 14.6. The molecule has 0 aliphatic heterocycles. The van der Waals surface area contributed by atoms with Crippen molar-refractivity contribution in [2.75, 3.05) is 0 Å². The third kappa shape index (κ3) is 5.11. The fourth-order valence-corrected chi connectivity index (χ4v) is 6.53. The van der Waals surface area contributed by atoms with Gasteiger partial charge in [0.1, 0.15) is 5.82 Å². The molecule has 0 heterocycles. The summed E-state index contributed by atoms with van der Waals surface area (Å²) in [5.74, 6) is -1.82. The smallest absolute Gasteiger partial charge is 0.353 e. The van der Waals surface area contributed by atoms with Gasteiger partial charge < -0.3 is 11.1 Å². The third-order valence-corrected chi connectivity index (χ3v) is 9.62. The second-order valence-corrected chi connectivity index (χ2v) is 12.3. The Bertz CT molecular complexity index is 964. The lowest BCUT2D eigenvalue weighted by atomic mass is 9.73. The van der Waals surface area contributed by atoms with Crippen molar-refractivity contribution in [1.82, 2.24) is 5.32 Å². The molecule has 180 valence electrons. The van der Waals surface area contributed by atoms with Gasteiger partial charge in [0, 0.05) is 18.0 Å². The third-order valence-electron chi connectivity index (χ3n) is 7.05. The first-order valence-corrected chi connectivity index (χ1v) is 12.3. The largest absolute Gasteiger partial charge is 0.416 e. The highest BCUT2D eigenvalue weighted by atomic mass is 32.2. The Morgan fingerprint density at radius 3 is 2.28 bits per heavy atom. The van der Waals surface area contributed by atoms with Gasteiger partial charge in [-0.2, -0.15) is 13.2 Å². The minimum absolute atomic E-state index is 0.168. The molecule has 1 amide bonds. The van der Waals surface area contributed by atoms with Gasteiger partial charge in [-0.05, 0) is 63.6 Å². The number of nitrogens with one attached hydrogen (secondary N) is 1. The molecule has 0 unspecified atom stereocenters. The molecule has 10 heteroatoms. The molecule has 2 aliphatic carbocycles. The summed E-state index contributed by atoms with van der Waals surface area (Å²) >= 11 is 0. The first-order valence-electron chi connectivity index (χ1n) is 10.8. The molecule has 0 bridgehead atoms. The minimum Gasteiger partial charge on any atom is -0.353 e. The number of sulfone groups is 1. The van der Waals surface area contributed by atoms with E-state index in [1.54, 1.807) is 0 Å². The lowest BCUT2D eigenvalue weighted by Crippen LogP contribution is -2.55. The summed E-state index contributed by atoms with van der Waals surface area (Å²) in [4.78, 5) is 11.7. The number of carbonyl (C=O) groups is 1. The van der Waals surface area contributed by atoms with E-state index in [-0.39, 0.29) is 24.4 Å². The summed E-state index contributed by atoms with van der Waals surface area (Å²) in [5, 5.41) is 2.90. The van der Waals surface area contributed by atoms with Crippen LogP contribution in [0, 0.1) is 11.7 Å². The van der Waals surface area contributed by atoms with Gasteiger partial charge in [0.2, 0.25) is 5.91 Å². The molecule has 2 aliphatic rings. The average Bonchev–Trinajstić information content (AvgIpc) is 2.63. The van der Waals surface area contributed by atoms with E-state index < -0.39 is 48.5 Å². The van der Waals surface area contributed by atoms with Crippen molar-refractivity contribution in [2.24, 2.45) is 11.7 Å². The molecule has 2 saturated carbocycles. The van der Waals surface area contributed by atoms with Crippen LogP contribution < -0.4 is 11.1 Å². The van der Waals surface area contributed by atoms with E-state index in [2.05, 4.69) is 5.32 Å². The molecule has 0 atom stereocenters. The van der Waals surface area contributed by atoms with E-state index in [0.717, 1.165) is 32.1 Å². The van der Waals surface area contributed by atoms with Crippen molar-refractivity contribution in [3.8, 4) is 0 Å². The Labute approximate surface area is 186 Å². The van der Waals surface area contributed by atoms with Crippen LogP contribution in [0.1, 0.15) is 70.8 Å². The molecule has 0 aromatic heterocycles. The Morgan fingerprint density at radius 2 is 1.72 bits per heavy atom. The molecule has 5 nitrogen and oxygen atoms in total. The molecule has 3 N–H and O–H groups in total. The molecule has 1 aromatic rings. The maximum absolute atomic E-state index is 13.8. The van der Waals surface area contributed by atoms with E-state index in [1.807, 2.05) is 0 Å². The summed E-state index contributed by atoms with van der Waals surface area (Å²) < 4.78 is 77.7. The fourth-order valence-electron chi connectivity index (χ4n) is 4.74. The number of carbonyl (C=O) groups excluding carboxylic acids is 1. The minimum atomic E-state index is -4.86. The van der Waals surface area contributed by atoms with Crippen LogP contribution in [0.2, 0.25) is 0 Å². The second-order valence-electron chi connectivity index (χ2n) is 9.81. The molecule has 3 rings (SSSR count).